The molecule has 0 aliphatic rings. The molecular formula is C13H13N3O3S. The smallest absolute Gasteiger partial charge is 0.282 e. The van der Waals surface area contributed by atoms with E-state index in [-0.39, 0.29) is 17.2 Å². The number of amides is 1. The van der Waals surface area contributed by atoms with Crippen molar-refractivity contribution in [2.45, 2.75) is 19.8 Å². The molecule has 0 aliphatic heterocycles. The fourth-order valence-electron chi connectivity index (χ4n) is 1.60. The Morgan fingerprint density at radius 2 is 2.10 bits per heavy atom. The van der Waals surface area contributed by atoms with Crippen LogP contribution in [0.25, 0.3) is 0 Å². The third-order valence-corrected chi connectivity index (χ3v) is 3.46. The molecular weight excluding hydrogens is 278 g/mol. The molecule has 1 aromatic heterocycles. The normalized spacial score (nSPS) is 10.6. The number of nitrogens with zero attached hydrogens (tertiary/aromatic N) is 2. The van der Waals surface area contributed by atoms with Gasteiger partial charge in [-0.1, -0.05) is 26.0 Å². The van der Waals surface area contributed by atoms with Crippen LogP contribution in [0.2, 0.25) is 0 Å². The lowest BCUT2D eigenvalue weighted by Crippen LogP contribution is -2.13. The van der Waals surface area contributed by atoms with Gasteiger partial charge in [0, 0.05) is 11.4 Å². The number of nitrogens with one attached hydrogen (secondary N) is 1. The first-order valence-corrected chi connectivity index (χ1v) is 6.87. The van der Waals surface area contributed by atoms with E-state index < -0.39 is 10.8 Å². The maximum Gasteiger partial charge on any atom is 0.282 e. The van der Waals surface area contributed by atoms with Gasteiger partial charge in [-0.15, -0.1) is 11.3 Å². The summed E-state index contributed by atoms with van der Waals surface area (Å²) in [4.78, 5) is 26.6. The van der Waals surface area contributed by atoms with Crippen LogP contribution in [0.1, 0.15) is 35.8 Å². The minimum absolute atomic E-state index is 0.0267. The summed E-state index contributed by atoms with van der Waals surface area (Å²) in [6.07, 6.45) is 0. The molecule has 0 saturated carbocycles. The zero-order chi connectivity index (χ0) is 14.7. The second-order valence-corrected chi connectivity index (χ2v) is 5.32. The summed E-state index contributed by atoms with van der Waals surface area (Å²) in [5.74, 6) is -0.259. The molecule has 1 N–H and O–H groups in total. The third-order valence-electron chi connectivity index (χ3n) is 2.68. The van der Waals surface area contributed by atoms with Gasteiger partial charge < -0.3 is 0 Å². The van der Waals surface area contributed by atoms with Gasteiger partial charge >= 0.3 is 0 Å². The number of nitro benzene ring substituents is 1. The van der Waals surface area contributed by atoms with E-state index in [0.717, 1.165) is 5.69 Å². The van der Waals surface area contributed by atoms with Crippen molar-refractivity contribution in [1.29, 1.82) is 0 Å². The highest BCUT2D eigenvalue weighted by Gasteiger charge is 2.20. The van der Waals surface area contributed by atoms with Gasteiger partial charge in [0.1, 0.15) is 5.56 Å². The Morgan fingerprint density at radius 1 is 1.40 bits per heavy atom. The molecule has 2 aromatic rings. The van der Waals surface area contributed by atoms with E-state index in [2.05, 4.69) is 10.3 Å². The molecule has 0 aliphatic carbocycles. The molecule has 0 atom stereocenters. The van der Waals surface area contributed by atoms with Crippen molar-refractivity contribution in [3.63, 3.8) is 0 Å². The zero-order valence-corrected chi connectivity index (χ0v) is 11.8. The van der Waals surface area contributed by atoms with Crippen molar-refractivity contribution in [3.8, 4) is 0 Å². The van der Waals surface area contributed by atoms with Crippen molar-refractivity contribution in [3.05, 3.63) is 51.0 Å². The Balaban J connectivity index is 2.22. The summed E-state index contributed by atoms with van der Waals surface area (Å²) in [5.41, 5.74) is 0.692. The van der Waals surface area contributed by atoms with Crippen molar-refractivity contribution in [2.75, 3.05) is 5.32 Å². The van der Waals surface area contributed by atoms with E-state index >= 15 is 0 Å². The molecule has 2 rings (SSSR count). The number of anilines is 1. The molecule has 1 aromatic carbocycles. The van der Waals surface area contributed by atoms with E-state index in [1.807, 2.05) is 19.2 Å². The summed E-state index contributed by atoms with van der Waals surface area (Å²) in [5, 5.41) is 15.8. The van der Waals surface area contributed by atoms with Crippen molar-refractivity contribution < 1.29 is 9.72 Å². The largest absolute Gasteiger partial charge is 0.298 e. The molecule has 6 nitrogen and oxygen atoms in total. The maximum atomic E-state index is 12.1. The van der Waals surface area contributed by atoms with Crippen molar-refractivity contribution in [2.24, 2.45) is 0 Å². The number of aromatic nitrogens is 1. The Labute approximate surface area is 119 Å². The van der Waals surface area contributed by atoms with E-state index in [1.54, 1.807) is 6.07 Å². The summed E-state index contributed by atoms with van der Waals surface area (Å²) < 4.78 is 0. The fourth-order valence-corrected chi connectivity index (χ4v) is 2.47. The number of thiazole rings is 1. The first kappa shape index (κ1) is 14.1. The van der Waals surface area contributed by atoms with Crippen LogP contribution in [0, 0.1) is 10.1 Å². The molecule has 0 radical (unpaired) electrons. The lowest BCUT2D eigenvalue weighted by atomic mass is 10.1. The van der Waals surface area contributed by atoms with Crippen LogP contribution in [0.15, 0.2) is 29.6 Å². The number of hydrogen-bond acceptors (Lipinski definition) is 5. The van der Waals surface area contributed by atoms with Crippen molar-refractivity contribution >= 4 is 28.1 Å². The van der Waals surface area contributed by atoms with Crippen LogP contribution >= 0.6 is 11.3 Å². The van der Waals surface area contributed by atoms with Gasteiger partial charge in [-0.3, -0.25) is 20.2 Å². The molecule has 0 bridgehead atoms. The maximum absolute atomic E-state index is 12.1. The second-order valence-electron chi connectivity index (χ2n) is 4.46. The van der Waals surface area contributed by atoms with Gasteiger partial charge in [0.15, 0.2) is 5.13 Å². The minimum Gasteiger partial charge on any atom is -0.298 e. The van der Waals surface area contributed by atoms with Crippen LogP contribution in [0.4, 0.5) is 10.8 Å². The van der Waals surface area contributed by atoms with Crippen LogP contribution in [0.3, 0.4) is 0 Å². The molecule has 0 unspecified atom stereocenters. The molecule has 7 heteroatoms. The van der Waals surface area contributed by atoms with Crippen LogP contribution in [-0.2, 0) is 0 Å². The monoisotopic (exact) mass is 291 g/mol. The topological polar surface area (TPSA) is 85.1 Å². The highest BCUT2D eigenvalue weighted by atomic mass is 32.1. The molecule has 0 saturated heterocycles. The number of nitro groups is 1. The van der Waals surface area contributed by atoms with Gasteiger partial charge in [0.2, 0.25) is 0 Å². The molecule has 0 spiro atoms. The second kappa shape index (κ2) is 5.79. The van der Waals surface area contributed by atoms with Crippen LogP contribution in [-0.4, -0.2) is 15.8 Å². The Morgan fingerprint density at radius 3 is 2.70 bits per heavy atom. The molecule has 1 amide bonds. The first-order valence-electron chi connectivity index (χ1n) is 5.99. The summed E-state index contributed by atoms with van der Waals surface area (Å²) >= 11 is 1.30. The van der Waals surface area contributed by atoms with Crippen LogP contribution < -0.4 is 5.32 Å². The number of rotatable bonds is 4. The van der Waals surface area contributed by atoms with E-state index in [0.29, 0.717) is 5.13 Å². The minimum atomic E-state index is -0.573. The number of carbonyl (C=O) groups is 1. The average Bonchev–Trinajstić information content (AvgIpc) is 2.87. The number of para-hydroxylation sites is 1. The quantitative estimate of drug-likeness (QED) is 0.690. The Kier molecular flexibility index (Phi) is 4.09. The number of benzene rings is 1. The van der Waals surface area contributed by atoms with Crippen molar-refractivity contribution in [1.82, 2.24) is 4.98 Å². The summed E-state index contributed by atoms with van der Waals surface area (Å²) in [6, 6.07) is 5.83. The Hall–Kier alpha value is -2.28. The molecule has 1 heterocycles. The zero-order valence-electron chi connectivity index (χ0n) is 11.0. The van der Waals surface area contributed by atoms with Crippen LogP contribution in [0.5, 0.6) is 0 Å². The van der Waals surface area contributed by atoms with E-state index in [9.17, 15) is 14.9 Å². The number of carbonyl (C=O) groups excluding carboxylic acids is 1. The Bertz CT molecular complexity index is 652. The molecule has 20 heavy (non-hydrogen) atoms. The van der Waals surface area contributed by atoms with Gasteiger partial charge in [0.05, 0.1) is 10.6 Å². The standard InChI is InChI=1S/C13H13N3O3S/c1-8(2)10-7-20-13(14-10)15-12(17)9-5-3-4-6-11(9)16(18)19/h3-8H,1-2H3,(H,14,15,17). The SMILES string of the molecule is CC(C)c1csc(NC(=O)c2ccccc2[N+](=O)[O-])n1. The van der Waals surface area contributed by atoms with E-state index in [4.69, 9.17) is 0 Å². The fraction of sp³-hybridized carbons (Fsp3) is 0.231. The number of hydrogen-bond donors (Lipinski definition) is 1. The van der Waals surface area contributed by atoms with E-state index in [1.165, 1.54) is 29.5 Å². The van der Waals surface area contributed by atoms with Gasteiger partial charge in [-0.25, -0.2) is 4.98 Å². The first-order chi connectivity index (χ1) is 9.49. The third kappa shape index (κ3) is 3.00. The van der Waals surface area contributed by atoms with Gasteiger partial charge in [-0.05, 0) is 12.0 Å². The average molecular weight is 291 g/mol. The lowest BCUT2D eigenvalue weighted by molar-refractivity contribution is -0.385. The van der Waals surface area contributed by atoms with Gasteiger partial charge in [-0.2, -0.15) is 0 Å². The molecule has 104 valence electrons. The highest BCUT2D eigenvalue weighted by Crippen LogP contribution is 2.23. The summed E-state index contributed by atoms with van der Waals surface area (Å²) in [6.45, 7) is 4.01. The lowest BCUT2D eigenvalue weighted by Gasteiger charge is -2.03. The van der Waals surface area contributed by atoms with Gasteiger partial charge in [0.25, 0.3) is 11.6 Å². The predicted molar refractivity (Wildman–Crippen MR) is 77.3 cm³/mol. The molecule has 0 fully saturated rings. The highest BCUT2D eigenvalue weighted by molar-refractivity contribution is 7.14. The predicted octanol–water partition coefficient (Wildman–Crippen LogP) is 3.43. The summed E-state index contributed by atoms with van der Waals surface area (Å²) in [7, 11) is 0.